The number of pyridine rings is 1. The van der Waals surface area contributed by atoms with E-state index in [4.69, 9.17) is 4.74 Å². The number of rotatable bonds is 4. The van der Waals surface area contributed by atoms with Crippen LogP contribution in [-0.2, 0) is 11.3 Å². The number of methoxy groups -OCH3 is 1. The molecule has 7 heteroatoms. The van der Waals surface area contributed by atoms with Gasteiger partial charge in [-0.1, -0.05) is 6.07 Å². The van der Waals surface area contributed by atoms with E-state index in [0.717, 1.165) is 50.3 Å². The molecule has 2 aromatic rings. The van der Waals surface area contributed by atoms with Gasteiger partial charge in [0.1, 0.15) is 0 Å². The highest BCUT2D eigenvalue weighted by Gasteiger charge is 2.42. The SMILES string of the molecule is COc1nccnc1N1CCC[C@@]2(CCC(=O)N(Cc3cccnc3)C2)C1. The van der Waals surface area contributed by atoms with Gasteiger partial charge in [-0.05, 0) is 30.9 Å². The number of ether oxygens (including phenoxy) is 1. The van der Waals surface area contributed by atoms with Gasteiger partial charge >= 0.3 is 0 Å². The zero-order chi connectivity index (χ0) is 18.7. The predicted molar refractivity (Wildman–Crippen MR) is 101 cm³/mol. The Kier molecular flexibility index (Phi) is 4.92. The molecule has 2 aromatic heterocycles. The summed E-state index contributed by atoms with van der Waals surface area (Å²) in [6.45, 7) is 3.22. The first-order chi connectivity index (χ1) is 13.2. The van der Waals surface area contributed by atoms with Crippen LogP contribution in [0.5, 0.6) is 5.88 Å². The number of carbonyl (C=O) groups excluding carboxylic acids is 1. The number of anilines is 1. The maximum Gasteiger partial charge on any atom is 0.257 e. The van der Waals surface area contributed by atoms with Gasteiger partial charge in [-0.25, -0.2) is 9.97 Å². The quantitative estimate of drug-likeness (QED) is 0.826. The lowest BCUT2D eigenvalue weighted by Gasteiger charge is -2.48. The van der Waals surface area contributed by atoms with Crippen molar-refractivity contribution in [2.75, 3.05) is 31.6 Å². The minimum atomic E-state index is 0.0941. The van der Waals surface area contributed by atoms with Crippen LogP contribution in [0.2, 0.25) is 0 Å². The average Bonchev–Trinajstić information content (AvgIpc) is 2.72. The van der Waals surface area contributed by atoms with Crippen LogP contribution >= 0.6 is 0 Å². The van der Waals surface area contributed by atoms with Crippen molar-refractivity contribution in [1.82, 2.24) is 19.9 Å². The summed E-state index contributed by atoms with van der Waals surface area (Å²) in [6.07, 6.45) is 10.7. The van der Waals surface area contributed by atoms with Crippen LogP contribution in [0, 0.1) is 5.41 Å². The molecule has 0 aliphatic carbocycles. The van der Waals surface area contributed by atoms with Gasteiger partial charge in [0, 0.05) is 62.8 Å². The Morgan fingerprint density at radius 3 is 2.89 bits per heavy atom. The molecule has 142 valence electrons. The Morgan fingerprint density at radius 1 is 1.19 bits per heavy atom. The fourth-order valence-electron chi connectivity index (χ4n) is 4.36. The fraction of sp³-hybridized carbons (Fsp3) is 0.500. The molecule has 2 aliphatic heterocycles. The number of likely N-dealkylation sites (tertiary alicyclic amines) is 1. The van der Waals surface area contributed by atoms with Crippen molar-refractivity contribution in [3.63, 3.8) is 0 Å². The van der Waals surface area contributed by atoms with E-state index < -0.39 is 0 Å². The van der Waals surface area contributed by atoms with Gasteiger partial charge in [0.15, 0.2) is 5.82 Å². The van der Waals surface area contributed by atoms with Crippen molar-refractivity contribution in [1.29, 1.82) is 0 Å². The summed E-state index contributed by atoms with van der Waals surface area (Å²) in [5.74, 6) is 1.60. The van der Waals surface area contributed by atoms with Crippen LogP contribution in [0.15, 0.2) is 36.9 Å². The number of hydrogen-bond donors (Lipinski definition) is 0. The van der Waals surface area contributed by atoms with Crippen LogP contribution in [0.1, 0.15) is 31.2 Å². The molecular weight excluding hydrogens is 342 g/mol. The molecule has 2 fully saturated rings. The van der Waals surface area contributed by atoms with Crippen molar-refractivity contribution >= 4 is 11.7 Å². The summed E-state index contributed by atoms with van der Waals surface area (Å²) < 4.78 is 5.40. The standard InChI is InChI=1S/C20H25N5O2/c1-27-19-18(22-9-10-23-19)24-11-3-6-20(14-24)7-5-17(26)25(15-20)13-16-4-2-8-21-12-16/h2,4,8-10,12H,3,5-7,11,13-15H2,1H3/t20-/m1/s1. The van der Waals surface area contributed by atoms with Gasteiger partial charge in [-0.2, -0.15) is 0 Å². The van der Waals surface area contributed by atoms with Crippen molar-refractivity contribution in [3.05, 3.63) is 42.5 Å². The lowest BCUT2D eigenvalue weighted by atomic mass is 9.73. The van der Waals surface area contributed by atoms with Gasteiger partial charge in [-0.3, -0.25) is 9.78 Å². The Balaban J connectivity index is 1.52. The first-order valence-electron chi connectivity index (χ1n) is 9.46. The number of carbonyl (C=O) groups is 1. The topological polar surface area (TPSA) is 71.5 Å². The highest BCUT2D eigenvalue weighted by molar-refractivity contribution is 5.77. The summed E-state index contributed by atoms with van der Waals surface area (Å²) in [7, 11) is 1.63. The van der Waals surface area contributed by atoms with Gasteiger partial charge in [0.2, 0.25) is 5.91 Å². The summed E-state index contributed by atoms with van der Waals surface area (Å²) in [5, 5.41) is 0. The Bertz CT molecular complexity index is 800. The summed E-state index contributed by atoms with van der Waals surface area (Å²) in [4.78, 5) is 29.8. The van der Waals surface area contributed by atoms with Gasteiger partial charge in [-0.15, -0.1) is 0 Å². The fourth-order valence-corrected chi connectivity index (χ4v) is 4.36. The van der Waals surface area contributed by atoms with Crippen molar-refractivity contribution in [3.8, 4) is 5.88 Å². The molecule has 0 radical (unpaired) electrons. The zero-order valence-electron chi connectivity index (χ0n) is 15.7. The van der Waals surface area contributed by atoms with Gasteiger partial charge in [0.25, 0.3) is 5.88 Å². The van der Waals surface area contributed by atoms with E-state index in [1.807, 2.05) is 23.2 Å². The Hall–Kier alpha value is -2.70. The highest BCUT2D eigenvalue weighted by Crippen LogP contribution is 2.41. The van der Waals surface area contributed by atoms with Crippen LogP contribution in [0.4, 0.5) is 5.82 Å². The summed E-state index contributed by atoms with van der Waals surface area (Å²) >= 11 is 0. The van der Waals surface area contributed by atoms with Crippen LogP contribution in [0.25, 0.3) is 0 Å². The van der Waals surface area contributed by atoms with E-state index in [9.17, 15) is 4.79 Å². The molecule has 27 heavy (non-hydrogen) atoms. The van der Waals surface area contributed by atoms with E-state index in [1.54, 1.807) is 25.7 Å². The molecule has 7 nitrogen and oxygen atoms in total. The second-order valence-corrected chi connectivity index (χ2v) is 7.53. The third-order valence-corrected chi connectivity index (χ3v) is 5.65. The first kappa shape index (κ1) is 17.7. The van der Waals surface area contributed by atoms with Crippen molar-refractivity contribution in [2.24, 2.45) is 5.41 Å². The number of amides is 1. The molecule has 0 saturated carbocycles. The second-order valence-electron chi connectivity index (χ2n) is 7.53. The normalized spacial score (nSPS) is 22.9. The van der Waals surface area contributed by atoms with Crippen LogP contribution in [-0.4, -0.2) is 52.5 Å². The number of aromatic nitrogens is 3. The largest absolute Gasteiger partial charge is 0.478 e. The molecule has 4 rings (SSSR count). The van der Waals surface area contributed by atoms with E-state index in [2.05, 4.69) is 19.9 Å². The molecule has 1 atom stereocenters. The van der Waals surface area contributed by atoms with E-state index >= 15 is 0 Å². The molecule has 2 saturated heterocycles. The van der Waals surface area contributed by atoms with E-state index in [0.29, 0.717) is 18.8 Å². The molecular formula is C20H25N5O2. The highest BCUT2D eigenvalue weighted by atomic mass is 16.5. The van der Waals surface area contributed by atoms with Gasteiger partial charge < -0.3 is 14.5 Å². The predicted octanol–water partition coefficient (Wildman–Crippen LogP) is 2.29. The van der Waals surface area contributed by atoms with E-state index in [-0.39, 0.29) is 11.3 Å². The minimum absolute atomic E-state index is 0.0941. The molecule has 0 bridgehead atoms. The van der Waals surface area contributed by atoms with Crippen LogP contribution in [0.3, 0.4) is 0 Å². The third-order valence-electron chi connectivity index (χ3n) is 5.65. The van der Waals surface area contributed by atoms with Gasteiger partial charge in [0.05, 0.1) is 7.11 Å². The second kappa shape index (κ2) is 7.50. The lowest BCUT2D eigenvalue weighted by Crippen LogP contribution is -2.54. The molecule has 0 unspecified atom stereocenters. The van der Waals surface area contributed by atoms with E-state index in [1.165, 1.54) is 0 Å². The number of hydrogen-bond acceptors (Lipinski definition) is 6. The Labute approximate surface area is 159 Å². The molecule has 0 N–H and O–H groups in total. The minimum Gasteiger partial charge on any atom is -0.478 e. The molecule has 1 amide bonds. The first-order valence-corrected chi connectivity index (χ1v) is 9.46. The lowest BCUT2D eigenvalue weighted by molar-refractivity contribution is -0.138. The Morgan fingerprint density at radius 2 is 2.07 bits per heavy atom. The smallest absolute Gasteiger partial charge is 0.257 e. The zero-order valence-corrected chi connectivity index (χ0v) is 15.7. The summed E-state index contributed by atoms with van der Waals surface area (Å²) in [6, 6.07) is 3.95. The monoisotopic (exact) mass is 367 g/mol. The summed E-state index contributed by atoms with van der Waals surface area (Å²) in [5.41, 5.74) is 1.17. The van der Waals surface area contributed by atoms with Crippen molar-refractivity contribution < 1.29 is 9.53 Å². The number of nitrogens with zero attached hydrogens (tertiary/aromatic N) is 5. The maximum atomic E-state index is 12.5. The third kappa shape index (κ3) is 3.72. The van der Waals surface area contributed by atoms with Crippen LogP contribution < -0.4 is 9.64 Å². The maximum absolute atomic E-state index is 12.5. The molecule has 0 aromatic carbocycles. The number of piperidine rings is 2. The molecule has 1 spiro atoms. The average molecular weight is 367 g/mol. The molecule has 4 heterocycles. The molecule has 2 aliphatic rings. The van der Waals surface area contributed by atoms with Crippen molar-refractivity contribution in [2.45, 2.75) is 32.2 Å².